The number of methoxy groups -OCH3 is 1. The first-order valence-electron chi connectivity index (χ1n) is 5.61. The zero-order chi connectivity index (χ0) is 13.8. The summed E-state index contributed by atoms with van der Waals surface area (Å²) < 4.78 is 31.5. The lowest BCUT2D eigenvalue weighted by Crippen LogP contribution is -2.02. The Morgan fingerprint density at radius 1 is 1.16 bits per heavy atom. The van der Waals surface area contributed by atoms with Crippen molar-refractivity contribution in [3.05, 3.63) is 58.6 Å². The summed E-state index contributed by atoms with van der Waals surface area (Å²) in [7, 11) is 1.51. The molecule has 19 heavy (non-hydrogen) atoms. The minimum absolute atomic E-state index is 0.295. The first kappa shape index (κ1) is 13.6. The molecule has 0 aliphatic carbocycles. The van der Waals surface area contributed by atoms with Crippen molar-refractivity contribution >= 4 is 17.3 Å². The van der Waals surface area contributed by atoms with Crippen LogP contribution in [0, 0.1) is 11.6 Å². The number of nitrogens with one attached hydrogen (secondary N) is 1. The van der Waals surface area contributed by atoms with Crippen molar-refractivity contribution in [1.29, 1.82) is 0 Å². The maximum Gasteiger partial charge on any atom is 0.146 e. The van der Waals surface area contributed by atoms with Gasteiger partial charge in [-0.1, -0.05) is 17.7 Å². The van der Waals surface area contributed by atoms with E-state index in [1.165, 1.54) is 31.4 Å². The van der Waals surface area contributed by atoms with Crippen LogP contribution < -0.4 is 10.1 Å². The smallest absolute Gasteiger partial charge is 0.146 e. The van der Waals surface area contributed by atoms with Crippen LogP contribution in [0.4, 0.5) is 14.5 Å². The third-order valence-corrected chi connectivity index (χ3v) is 3.01. The van der Waals surface area contributed by atoms with Crippen LogP contribution >= 0.6 is 11.6 Å². The van der Waals surface area contributed by atoms with Gasteiger partial charge in [0.15, 0.2) is 0 Å². The highest BCUT2D eigenvalue weighted by Gasteiger charge is 2.06. The highest BCUT2D eigenvalue weighted by atomic mass is 35.5. The zero-order valence-electron chi connectivity index (χ0n) is 10.2. The second kappa shape index (κ2) is 5.89. The van der Waals surface area contributed by atoms with Crippen LogP contribution in [0.5, 0.6) is 5.75 Å². The Labute approximate surface area is 115 Å². The molecule has 0 radical (unpaired) electrons. The van der Waals surface area contributed by atoms with Gasteiger partial charge in [-0.3, -0.25) is 0 Å². The maximum absolute atomic E-state index is 13.6. The van der Waals surface area contributed by atoms with Crippen LogP contribution in [0.1, 0.15) is 5.56 Å². The molecule has 0 atom stereocenters. The van der Waals surface area contributed by atoms with Crippen molar-refractivity contribution in [3.8, 4) is 5.75 Å². The van der Waals surface area contributed by atoms with Crippen LogP contribution in [0.25, 0.3) is 0 Å². The topological polar surface area (TPSA) is 21.3 Å². The van der Waals surface area contributed by atoms with Gasteiger partial charge in [-0.25, -0.2) is 8.78 Å². The fourth-order valence-electron chi connectivity index (χ4n) is 1.62. The van der Waals surface area contributed by atoms with E-state index in [0.717, 1.165) is 0 Å². The number of anilines is 1. The number of hydrogen-bond acceptors (Lipinski definition) is 2. The summed E-state index contributed by atoms with van der Waals surface area (Å²) in [5, 5.41) is 3.20. The highest BCUT2D eigenvalue weighted by Crippen LogP contribution is 2.23. The van der Waals surface area contributed by atoms with E-state index in [4.69, 9.17) is 16.3 Å². The monoisotopic (exact) mass is 283 g/mol. The van der Waals surface area contributed by atoms with Crippen LogP contribution in [-0.4, -0.2) is 7.11 Å². The van der Waals surface area contributed by atoms with Crippen molar-refractivity contribution < 1.29 is 13.5 Å². The molecular formula is C14H12ClF2NO. The number of rotatable bonds is 4. The van der Waals surface area contributed by atoms with E-state index >= 15 is 0 Å². The number of hydrogen-bond donors (Lipinski definition) is 1. The summed E-state index contributed by atoms with van der Waals surface area (Å²) in [5.74, 6) is -0.241. The number of benzene rings is 2. The van der Waals surface area contributed by atoms with Crippen LogP contribution in [-0.2, 0) is 6.54 Å². The average molecular weight is 284 g/mol. The van der Waals surface area contributed by atoms with Gasteiger partial charge in [0, 0.05) is 17.6 Å². The second-order valence-corrected chi connectivity index (χ2v) is 4.34. The summed E-state index contributed by atoms with van der Waals surface area (Å²) in [6, 6.07) is 8.49. The van der Waals surface area contributed by atoms with E-state index in [2.05, 4.69) is 5.32 Å². The van der Waals surface area contributed by atoms with Gasteiger partial charge < -0.3 is 10.1 Å². The third-order valence-electron chi connectivity index (χ3n) is 2.66. The molecule has 0 spiro atoms. The minimum Gasteiger partial charge on any atom is -0.497 e. The predicted octanol–water partition coefficient (Wildman–Crippen LogP) is 4.24. The number of ether oxygens (including phenoxy) is 1. The Balaban J connectivity index is 2.14. The first-order chi connectivity index (χ1) is 9.10. The lowest BCUT2D eigenvalue weighted by molar-refractivity contribution is 0.414. The Morgan fingerprint density at radius 3 is 2.63 bits per heavy atom. The molecule has 0 heterocycles. The molecule has 0 bridgehead atoms. The molecule has 0 fully saturated rings. The van der Waals surface area contributed by atoms with Crippen molar-refractivity contribution in [2.45, 2.75) is 6.54 Å². The van der Waals surface area contributed by atoms with E-state index in [9.17, 15) is 8.78 Å². The van der Waals surface area contributed by atoms with Crippen LogP contribution in [0.15, 0.2) is 36.4 Å². The molecule has 0 aliphatic rings. The quantitative estimate of drug-likeness (QED) is 0.906. The Kier molecular flexibility index (Phi) is 4.22. The highest BCUT2D eigenvalue weighted by molar-refractivity contribution is 6.31. The molecule has 5 heteroatoms. The molecule has 2 aromatic rings. The fourth-order valence-corrected chi connectivity index (χ4v) is 1.86. The molecule has 0 amide bonds. The van der Waals surface area contributed by atoms with Crippen molar-refractivity contribution in [1.82, 2.24) is 0 Å². The van der Waals surface area contributed by atoms with Crippen LogP contribution in [0.3, 0.4) is 0 Å². The lowest BCUT2D eigenvalue weighted by Gasteiger charge is -2.10. The molecule has 0 unspecified atom stereocenters. The third kappa shape index (κ3) is 3.35. The van der Waals surface area contributed by atoms with Crippen molar-refractivity contribution in [3.63, 3.8) is 0 Å². The zero-order valence-corrected chi connectivity index (χ0v) is 11.0. The van der Waals surface area contributed by atoms with Gasteiger partial charge >= 0.3 is 0 Å². The Hall–Kier alpha value is -1.81. The van der Waals surface area contributed by atoms with E-state index < -0.39 is 5.82 Å². The molecule has 0 aliphatic heterocycles. The summed E-state index contributed by atoms with van der Waals surface area (Å²) in [4.78, 5) is 0. The molecule has 2 aromatic carbocycles. The minimum atomic E-state index is -0.402. The average Bonchev–Trinajstić information content (AvgIpc) is 2.39. The lowest BCUT2D eigenvalue weighted by atomic mass is 10.2. The molecular weight excluding hydrogens is 272 g/mol. The maximum atomic E-state index is 13.6. The summed E-state index contributed by atoms with van der Waals surface area (Å²) in [6.45, 7) is 0.295. The van der Waals surface area contributed by atoms with E-state index in [1.807, 2.05) is 0 Å². The predicted molar refractivity (Wildman–Crippen MR) is 71.7 cm³/mol. The van der Waals surface area contributed by atoms with Crippen LogP contribution in [0.2, 0.25) is 5.02 Å². The molecule has 2 nitrogen and oxygen atoms in total. The van der Waals surface area contributed by atoms with Gasteiger partial charge in [0.2, 0.25) is 0 Å². The van der Waals surface area contributed by atoms with Gasteiger partial charge in [0.05, 0.1) is 12.8 Å². The van der Waals surface area contributed by atoms with Gasteiger partial charge in [-0.2, -0.15) is 0 Å². The number of halogens is 3. The molecule has 2 rings (SSSR count). The SMILES string of the molecule is COc1ccc(F)c(NCc2ccc(F)cc2Cl)c1. The summed E-state index contributed by atoms with van der Waals surface area (Å²) in [5.41, 5.74) is 0.991. The summed E-state index contributed by atoms with van der Waals surface area (Å²) >= 11 is 5.90. The largest absolute Gasteiger partial charge is 0.497 e. The molecule has 0 aromatic heterocycles. The fraction of sp³-hybridized carbons (Fsp3) is 0.143. The first-order valence-corrected chi connectivity index (χ1v) is 5.99. The Morgan fingerprint density at radius 2 is 1.95 bits per heavy atom. The van der Waals surface area contributed by atoms with E-state index in [1.54, 1.807) is 12.1 Å². The van der Waals surface area contributed by atoms with Crippen molar-refractivity contribution in [2.24, 2.45) is 0 Å². The van der Waals surface area contributed by atoms with Gasteiger partial charge in [0.1, 0.15) is 17.4 Å². The molecule has 1 N–H and O–H groups in total. The van der Waals surface area contributed by atoms with Gasteiger partial charge in [0.25, 0.3) is 0 Å². The second-order valence-electron chi connectivity index (χ2n) is 3.94. The van der Waals surface area contributed by atoms with Gasteiger partial charge in [-0.05, 0) is 29.8 Å². The van der Waals surface area contributed by atoms with Gasteiger partial charge in [-0.15, -0.1) is 0 Å². The van der Waals surface area contributed by atoms with E-state index in [-0.39, 0.29) is 5.82 Å². The standard InChI is InChI=1S/C14H12ClF2NO/c1-19-11-4-5-13(17)14(7-11)18-8-9-2-3-10(16)6-12(9)15/h2-7,18H,8H2,1H3. The van der Waals surface area contributed by atoms with Crippen molar-refractivity contribution in [2.75, 3.05) is 12.4 Å². The summed E-state index contributed by atoms with van der Waals surface area (Å²) in [6.07, 6.45) is 0. The van der Waals surface area contributed by atoms with E-state index in [0.29, 0.717) is 28.6 Å². The Bertz CT molecular complexity index is 590. The molecule has 100 valence electrons. The molecule has 0 saturated carbocycles. The molecule has 0 saturated heterocycles. The normalized spacial score (nSPS) is 10.3.